The van der Waals surface area contributed by atoms with Gasteiger partial charge in [-0.2, -0.15) is 0 Å². The van der Waals surface area contributed by atoms with Gasteiger partial charge < -0.3 is 0 Å². The second-order valence-corrected chi connectivity index (χ2v) is 8.21. The topological polar surface area (TPSA) is 34.1 Å². The molecule has 0 radical (unpaired) electrons. The molecule has 1 heterocycles. The van der Waals surface area contributed by atoms with Crippen molar-refractivity contribution in [2.24, 2.45) is 0 Å². The van der Waals surface area contributed by atoms with Crippen LogP contribution in [0, 0.1) is 0 Å². The molecule has 0 aromatic heterocycles. The van der Waals surface area contributed by atoms with Gasteiger partial charge >= 0.3 is 0 Å². The molecule has 0 fully saturated rings. The van der Waals surface area contributed by atoms with Crippen molar-refractivity contribution in [2.75, 3.05) is 0 Å². The van der Waals surface area contributed by atoms with E-state index in [0.29, 0.717) is 21.6 Å². The van der Waals surface area contributed by atoms with Crippen molar-refractivity contribution in [1.82, 2.24) is 0 Å². The normalized spacial score (nSPS) is 15.3. The highest BCUT2D eigenvalue weighted by atomic mass is 32.2. The van der Waals surface area contributed by atoms with Crippen LogP contribution in [0.25, 0.3) is 11.1 Å². The van der Waals surface area contributed by atoms with Gasteiger partial charge in [-0.3, -0.25) is 0 Å². The fraction of sp³-hybridized carbons (Fsp3) is 0.333. The number of benzene rings is 2. The van der Waals surface area contributed by atoms with Gasteiger partial charge in [0.15, 0.2) is 0 Å². The molecule has 2 aromatic rings. The fourth-order valence-electron chi connectivity index (χ4n) is 2.80. The van der Waals surface area contributed by atoms with Gasteiger partial charge in [-0.1, -0.05) is 52.0 Å². The summed E-state index contributed by atoms with van der Waals surface area (Å²) in [7, 11) is -3.38. The zero-order chi connectivity index (χ0) is 15.4. The molecule has 0 spiro atoms. The smallest absolute Gasteiger partial charge is 0.207 e. The Labute approximate surface area is 126 Å². The molecule has 110 valence electrons. The Morgan fingerprint density at radius 3 is 1.43 bits per heavy atom. The van der Waals surface area contributed by atoms with E-state index in [-0.39, 0.29) is 0 Å². The predicted molar refractivity (Wildman–Crippen MR) is 85.5 cm³/mol. The average molecular weight is 300 g/mol. The Morgan fingerprint density at radius 1 is 0.714 bits per heavy atom. The molecule has 1 aliphatic heterocycles. The molecule has 3 heteroatoms. The first kappa shape index (κ1) is 14.3. The van der Waals surface area contributed by atoms with Crippen LogP contribution < -0.4 is 0 Å². The van der Waals surface area contributed by atoms with Crippen molar-refractivity contribution < 1.29 is 8.42 Å². The molecule has 0 bridgehead atoms. The summed E-state index contributed by atoms with van der Waals surface area (Å²) in [6.07, 6.45) is 0. The first-order valence-electron chi connectivity index (χ1n) is 7.35. The summed E-state index contributed by atoms with van der Waals surface area (Å²) < 4.78 is 25.7. The number of rotatable bonds is 2. The van der Waals surface area contributed by atoms with Crippen molar-refractivity contribution in [2.45, 2.75) is 49.3 Å². The third-order valence-corrected chi connectivity index (χ3v) is 6.05. The van der Waals surface area contributed by atoms with Crippen LogP contribution in [0.15, 0.2) is 46.2 Å². The van der Waals surface area contributed by atoms with Crippen LogP contribution in [0.1, 0.15) is 50.7 Å². The Morgan fingerprint density at radius 2 is 1.10 bits per heavy atom. The van der Waals surface area contributed by atoms with E-state index in [1.807, 2.05) is 36.4 Å². The number of sulfone groups is 1. The molecule has 21 heavy (non-hydrogen) atoms. The SMILES string of the molecule is CC(C)c1ccc2c(c1)S(=O)(=O)c1cc(C(C)C)ccc1-2. The highest BCUT2D eigenvalue weighted by Crippen LogP contribution is 2.44. The van der Waals surface area contributed by atoms with E-state index in [0.717, 1.165) is 22.3 Å². The van der Waals surface area contributed by atoms with Crippen LogP contribution in [0.4, 0.5) is 0 Å². The van der Waals surface area contributed by atoms with Crippen LogP contribution >= 0.6 is 0 Å². The third-order valence-electron chi connectivity index (χ3n) is 4.21. The number of fused-ring (bicyclic) bond motifs is 3. The van der Waals surface area contributed by atoms with Gasteiger partial charge in [-0.05, 0) is 35.1 Å². The quantitative estimate of drug-likeness (QED) is 0.684. The Kier molecular flexibility index (Phi) is 3.21. The van der Waals surface area contributed by atoms with Gasteiger partial charge in [0.05, 0.1) is 9.79 Å². The molecule has 0 N–H and O–H groups in total. The maximum atomic E-state index is 12.8. The molecule has 2 nitrogen and oxygen atoms in total. The Hall–Kier alpha value is -1.61. The van der Waals surface area contributed by atoms with Crippen molar-refractivity contribution in [3.63, 3.8) is 0 Å². The third kappa shape index (κ3) is 2.11. The van der Waals surface area contributed by atoms with Crippen molar-refractivity contribution in [1.29, 1.82) is 0 Å². The highest BCUT2D eigenvalue weighted by molar-refractivity contribution is 7.92. The van der Waals surface area contributed by atoms with Crippen LogP contribution in [0.3, 0.4) is 0 Å². The van der Waals surface area contributed by atoms with Gasteiger partial charge in [0.2, 0.25) is 9.84 Å². The van der Waals surface area contributed by atoms with Gasteiger partial charge in [0.1, 0.15) is 0 Å². The minimum absolute atomic E-state index is 0.320. The Bertz CT molecular complexity index is 752. The molecule has 3 rings (SSSR count). The molecular weight excluding hydrogens is 280 g/mol. The van der Waals surface area contributed by atoms with Gasteiger partial charge in [0, 0.05) is 11.1 Å². The fourth-order valence-corrected chi connectivity index (χ4v) is 4.56. The zero-order valence-corrected chi connectivity index (χ0v) is 13.7. The van der Waals surface area contributed by atoms with Crippen molar-refractivity contribution in [3.8, 4) is 11.1 Å². The van der Waals surface area contributed by atoms with Crippen LogP contribution in [0.5, 0.6) is 0 Å². The maximum absolute atomic E-state index is 12.8. The zero-order valence-electron chi connectivity index (χ0n) is 12.8. The Balaban J connectivity index is 2.27. The van der Waals surface area contributed by atoms with E-state index in [9.17, 15) is 8.42 Å². The van der Waals surface area contributed by atoms with E-state index >= 15 is 0 Å². The number of hydrogen-bond acceptors (Lipinski definition) is 2. The van der Waals surface area contributed by atoms with Gasteiger partial charge in [-0.15, -0.1) is 0 Å². The lowest BCUT2D eigenvalue weighted by Crippen LogP contribution is -1.99. The molecule has 0 amide bonds. The van der Waals surface area contributed by atoms with E-state index < -0.39 is 9.84 Å². The van der Waals surface area contributed by atoms with Crippen molar-refractivity contribution in [3.05, 3.63) is 47.5 Å². The second kappa shape index (κ2) is 4.70. The van der Waals surface area contributed by atoms with E-state index in [1.54, 1.807) is 0 Å². The standard InChI is InChI=1S/C18H20O2S/c1-11(2)13-5-7-15-16-8-6-14(12(3)4)10-18(16)21(19,20)17(15)9-13/h5-12H,1-4H3. The second-order valence-electron chi connectivity index (χ2n) is 6.32. The summed E-state index contributed by atoms with van der Waals surface area (Å²) in [5.74, 6) is 0.640. The predicted octanol–water partition coefficient (Wildman–Crippen LogP) is 4.75. The molecule has 2 aromatic carbocycles. The summed E-state index contributed by atoms with van der Waals surface area (Å²) in [5, 5.41) is 0. The van der Waals surface area contributed by atoms with E-state index in [2.05, 4.69) is 27.7 Å². The summed E-state index contributed by atoms with van der Waals surface area (Å²) in [4.78, 5) is 0.925. The molecule has 0 saturated carbocycles. The molecule has 0 atom stereocenters. The van der Waals surface area contributed by atoms with Crippen LogP contribution in [-0.4, -0.2) is 8.42 Å². The lowest BCUT2D eigenvalue weighted by atomic mass is 9.96. The van der Waals surface area contributed by atoms with Gasteiger partial charge in [-0.25, -0.2) is 8.42 Å². The van der Waals surface area contributed by atoms with Crippen LogP contribution in [-0.2, 0) is 9.84 Å². The number of hydrogen-bond donors (Lipinski definition) is 0. The van der Waals surface area contributed by atoms with E-state index in [1.165, 1.54) is 0 Å². The minimum Gasteiger partial charge on any atom is -0.218 e. The molecule has 0 aliphatic carbocycles. The van der Waals surface area contributed by atoms with Crippen LogP contribution in [0.2, 0.25) is 0 Å². The maximum Gasteiger partial charge on any atom is 0.207 e. The first-order chi connectivity index (χ1) is 9.82. The molecule has 1 aliphatic rings. The largest absolute Gasteiger partial charge is 0.218 e. The first-order valence-corrected chi connectivity index (χ1v) is 8.84. The lowest BCUT2D eigenvalue weighted by Gasteiger charge is -2.07. The molecule has 0 saturated heterocycles. The van der Waals surface area contributed by atoms with Crippen molar-refractivity contribution >= 4 is 9.84 Å². The monoisotopic (exact) mass is 300 g/mol. The minimum atomic E-state index is -3.38. The summed E-state index contributed by atoms with van der Waals surface area (Å²) in [6, 6.07) is 11.6. The summed E-state index contributed by atoms with van der Waals surface area (Å²) in [6.45, 7) is 8.31. The average Bonchev–Trinajstić information content (AvgIpc) is 2.67. The summed E-state index contributed by atoms with van der Waals surface area (Å²) in [5.41, 5.74) is 3.80. The highest BCUT2D eigenvalue weighted by Gasteiger charge is 2.33. The van der Waals surface area contributed by atoms with E-state index in [4.69, 9.17) is 0 Å². The lowest BCUT2D eigenvalue weighted by molar-refractivity contribution is 0.598. The van der Waals surface area contributed by atoms with Gasteiger partial charge in [0.25, 0.3) is 0 Å². The summed E-state index contributed by atoms with van der Waals surface area (Å²) >= 11 is 0. The molecular formula is C18H20O2S. The molecule has 0 unspecified atom stereocenters.